The summed E-state index contributed by atoms with van der Waals surface area (Å²) >= 11 is 0. The molecule has 26 heavy (non-hydrogen) atoms. The molecule has 0 radical (unpaired) electrons. The molecule has 0 saturated carbocycles. The minimum Gasteiger partial charge on any atom is -0.457 e. The van der Waals surface area contributed by atoms with Crippen LogP contribution in [0.4, 0.5) is 0 Å². The van der Waals surface area contributed by atoms with Gasteiger partial charge in [-0.05, 0) is 17.5 Å². The van der Waals surface area contributed by atoms with Gasteiger partial charge in [-0.2, -0.15) is 0 Å². The van der Waals surface area contributed by atoms with Gasteiger partial charge in [-0.25, -0.2) is 0 Å². The van der Waals surface area contributed by atoms with Gasteiger partial charge in [0, 0.05) is 12.1 Å². The van der Waals surface area contributed by atoms with Crippen molar-refractivity contribution >= 4 is 17.7 Å². The van der Waals surface area contributed by atoms with E-state index in [0.717, 1.165) is 17.5 Å². The minimum absolute atomic E-state index is 0.0303. The highest BCUT2D eigenvalue weighted by Crippen LogP contribution is 2.06. The number of ketones is 1. The molecular formula is C21H23NO4. The lowest BCUT2D eigenvalue weighted by Crippen LogP contribution is -2.28. The molecule has 0 unspecified atom stereocenters. The zero-order valence-corrected chi connectivity index (χ0v) is 14.9. The third-order valence-corrected chi connectivity index (χ3v) is 3.91. The molecule has 0 heterocycles. The van der Waals surface area contributed by atoms with Gasteiger partial charge in [0.25, 0.3) is 0 Å². The lowest BCUT2D eigenvalue weighted by atomic mass is 10.1. The van der Waals surface area contributed by atoms with Crippen LogP contribution < -0.4 is 5.32 Å². The van der Waals surface area contributed by atoms with Crippen molar-refractivity contribution in [2.24, 2.45) is 0 Å². The molecule has 5 heteroatoms. The first kappa shape index (κ1) is 19.4. The molecule has 1 N–H and O–H groups in total. The van der Waals surface area contributed by atoms with E-state index >= 15 is 0 Å². The summed E-state index contributed by atoms with van der Waals surface area (Å²) in [5.74, 6) is -0.909. The average Bonchev–Trinajstić information content (AvgIpc) is 2.67. The highest BCUT2D eigenvalue weighted by Gasteiger charge is 2.10. The lowest BCUT2D eigenvalue weighted by Gasteiger charge is -2.07. The van der Waals surface area contributed by atoms with Gasteiger partial charge < -0.3 is 10.1 Å². The Kier molecular flexibility index (Phi) is 7.55. The second-order valence-corrected chi connectivity index (χ2v) is 5.90. The van der Waals surface area contributed by atoms with Crippen LogP contribution in [0, 0.1) is 0 Å². The number of hydrogen-bond acceptors (Lipinski definition) is 4. The SMILES string of the molecule is CCc1ccc(C(=O)COC(=O)CCNC(=O)Cc2ccccc2)cc1. The molecule has 0 aliphatic carbocycles. The largest absolute Gasteiger partial charge is 0.457 e. The standard InChI is InChI=1S/C21H23NO4/c1-2-16-8-10-18(11-9-16)19(23)15-26-21(25)12-13-22-20(24)14-17-6-4-3-5-7-17/h3-11H,2,12-15H2,1H3,(H,22,24). The van der Waals surface area contributed by atoms with E-state index in [1.54, 1.807) is 12.1 Å². The molecule has 0 aromatic heterocycles. The molecule has 0 bridgehead atoms. The molecular weight excluding hydrogens is 330 g/mol. The maximum Gasteiger partial charge on any atom is 0.308 e. The smallest absolute Gasteiger partial charge is 0.308 e. The molecule has 1 amide bonds. The van der Waals surface area contributed by atoms with Crippen molar-refractivity contribution in [3.8, 4) is 0 Å². The highest BCUT2D eigenvalue weighted by atomic mass is 16.5. The van der Waals surface area contributed by atoms with Crippen molar-refractivity contribution in [1.82, 2.24) is 5.32 Å². The van der Waals surface area contributed by atoms with Gasteiger partial charge in [-0.3, -0.25) is 14.4 Å². The first-order valence-corrected chi connectivity index (χ1v) is 8.67. The fourth-order valence-electron chi connectivity index (χ4n) is 2.38. The summed E-state index contributed by atoms with van der Waals surface area (Å²) in [7, 11) is 0. The maximum absolute atomic E-state index is 12.0. The Bertz CT molecular complexity index is 738. The van der Waals surface area contributed by atoms with Crippen LogP contribution in [0.1, 0.15) is 34.8 Å². The Morgan fingerprint density at radius 1 is 0.923 bits per heavy atom. The fourth-order valence-corrected chi connectivity index (χ4v) is 2.38. The summed E-state index contributed by atoms with van der Waals surface area (Å²) in [6.07, 6.45) is 1.20. The maximum atomic E-state index is 12.0. The van der Waals surface area contributed by atoms with E-state index in [9.17, 15) is 14.4 Å². The number of rotatable bonds is 9. The number of Topliss-reactive ketones (excluding diaryl/α,β-unsaturated/α-hetero) is 1. The molecule has 2 aromatic rings. The molecule has 0 spiro atoms. The molecule has 136 valence electrons. The average molecular weight is 353 g/mol. The number of carbonyl (C=O) groups excluding carboxylic acids is 3. The minimum atomic E-state index is -0.511. The van der Waals surface area contributed by atoms with E-state index in [1.807, 2.05) is 49.4 Å². The first-order valence-electron chi connectivity index (χ1n) is 8.67. The Morgan fingerprint density at radius 3 is 2.27 bits per heavy atom. The molecule has 2 aromatic carbocycles. The zero-order valence-electron chi connectivity index (χ0n) is 14.9. The topological polar surface area (TPSA) is 72.5 Å². The summed E-state index contributed by atoms with van der Waals surface area (Å²) < 4.78 is 4.98. The first-order chi connectivity index (χ1) is 12.6. The molecule has 0 fully saturated rings. The Morgan fingerprint density at radius 2 is 1.62 bits per heavy atom. The quantitative estimate of drug-likeness (QED) is 0.556. The van der Waals surface area contributed by atoms with Crippen molar-refractivity contribution in [1.29, 1.82) is 0 Å². The third kappa shape index (κ3) is 6.51. The predicted octanol–water partition coefficient (Wildman–Crippen LogP) is 2.72. The zero-order chi connectivity index (χ0) is 18.8. The second kappa shape index (κ2) is 10.1. The van der Waals surface area contributed by atoms with E-state index in [2.05, 4.69) is 5.32 Å². The summed E-state index contributed by atoms with van der Waals surface area (Å²) in [5, 5.41) is 2.67. The van der Waals surface area contributed by atoms with Crippen LogP contribution in [0.2, 0.25) is 0 Å². The van der Waals surface area contributed by atoms with Crippen molar-refractivity contribution < 1.29 is 19.1 Å². The summed E-state index contributed by atoms with van der Waals surface area (Å²) in [4.78, 5) is 35.5. The normalized spacial score (nSPS) is 10.2. The Hall–Kier alpha value is -2.95. The van der Waals surface area contributed by atoms with Gasteiger partial charge in [0.1, 0.15) is 0 Å². The monoisotopic (exact) mass is 353 g/mol. The van der Waals surface area contributed by atoms with E-state index in [1.165, 1.54) is 0 Å². The number of amides is 1. The number of carbonyl (C=O) groups is 3. The summed E-state index contributed by atoms with van der Waals surface area (Å²) in [5.41, 5.74) is 2.57. The van der Waals surface area contributed by atoms with Gasteiger partial charge >= 0.3 is 5.97 Å². The van der Waals surface area contributed by atoms with E-state index in [0.29, 0.717) is 5.56 Å². The summed E-state index contributed by atoms with van der Waals surface area (Å²) in [6, 6.07) is 16.6. The highest BCUT2D eigenvalue weighted by molar-refractivity contribution is 5.98. The number of ether oxygens (including phenoxy) is 1. The van der Waals surface area contributed by atoms with Gasteiger partial charge in [0.2, 0.25) is 5.91 Å². The second-order valence-electron chi connectivity index (χ2n) is 5.90. The summed E-state index contributed by atoms with van der Waals surface area (Å²) in [6.45, 7) is 1.93. The van der Waals surface area contributed by atoms with E-state index in [-0.39, 0.29) is 37.7 Å². The van der Waals surface area contributed by atoms with Gasteiger partial charge in [0.15, 0.2) is 12.4 Å². The number of aryl methyl sites for hydroxylation is 1. The van der Waals surface area contributed by atoms with Gasteiger partial charge in [0.05, 0.1) is 12.8 Å². The molecule has 2 rings (SSSR count). The number of benzene rings is 2. The molecule has 0 atom stereocenters. The Balaban J connectivity index is 1.65. The predicted molar refractivity (Wildman–Crippen MR) is 98.9 cm³/mol. The van der Waals surface area contributed by atoms with Crippen molar-refractivity contribution in [2.45, 2.75) is 26.2 Å². The molecule has 0 saturated heterocycles. The van der Waals surface area contributed by atoms with E-state index < -0.39 is 5.97 Å². The van der Waals surface area contributed by atoms with Crippen LogP contribution in [0.5, 0.6) is 0 Å². The van der Waals surface area contributed by atoms with Crippen molar-refractivity contribution in [2.75, 3.05) is 13.2 Å². The Labute approximate surface area is 153 Å². The van der Waals surface area contributed by atoms with Crippen LogP contribution in [0.25, 0.3) is 0 Å². The van der Waals surface area contributed by atoms with Crippen LogP contribution in [-0.4, -0.2) is 30.8 Å². The molecule has 0 aliphatic rings. The fraction of sp³-hybridized carbons (Fsp3) is 0.286. The van der Waals surface area contributed by atoms with Gasteiger partial charge in [-0.15, -0.1) is 0 Å². The third-order valence-electron chi connectivity index (χ3n) is 3.91. The van der Waals surface area contributed by atoms with Crippen LogP contribution >= 0.6 is 0 Å². The van der Waals surface area contributed by atoms with Crippen LogP contribution in [0.15, 0.2) is 54.6 Å². The number of hydrogen-bond donors (Lipinski definition) is 1. The number of nitrogens with one attached hydrogen (secondary N) is 1. The van der Waals surface area contributed by atoms with Gasteiger partial charge in [-0.1, -0.05) is 61.5 Å². The van der Waals surface area contributed by atoms with Crippen molar-refractivity contribution in [3.63, 3.8) is 0 Å². The van der Waals surface area contributed by atoms with Crippen LogP contribution in [0.3, 0.4) is 0 Å². The van der Waals surface area contributed by atoms with Crippen molar-refractivity contribution in [3.05, 3.63) is 71.3 Å². The lowest BCUT2D eigenvalue weighted by molar-refractivity contribution is -0.142. The molecule has 5 nitrogen and oxygen atoms in total. The number of esters is 1. The van der Waals surface area contributed by atoms with E-state index in [4.69, 9.17) is 4.74 Å². The van der Waals surface area contributed by atoms with Crippen LogP contribution in [-0.2, 0) is 27.2 Å². The molecule has 0 aliphatic heterocycles.